The molecule has 4 nitrogen and oxygen atoms in total. The Morgan fingerprint density at radius 2 is 1.64 bits per heavy atom. The summed E-state index contributed by atoms with van der Waals surface area (Å²) in [5, 5.41) is 8.98. The topological polar surface area (TPSA) is 63.6 Å². The summed E-state index contributed by atoms with van der Waals surface area (Å²) in [7, 11) is 0. The second-order valence-corrected chi connectivity index (χ2v) is 9.37. The lowest BCUT2D eigenvalue weighted by atomic mass is 9.87. The van der Waals surface area contributed by atoms with Gasteiger partial charge in [0.05, 0.1) is 13.0 Å². The first-order valence-electron chi connectivity index (χ1n) is 10.7. The molecular weight excluding hydrogens is 352 g/mol. The number of rotatable bonds is 15. The fourth-order valence-corrected chi connectivity index (χ4v) is 3.98. The standard InChI is InChI=1S/C24H36O4/c1-23(2,18-28-19-25)13-5-3-7-20-9-11-21(12-10-20)8-4-6-14-24(15-16-24)17-22(26)27/h9-12,19H,3-8,13-18H2,1-2H3,(H,26,27). The first-order chi connectivity index (χ1) is 13.3. The molecule has 1 saturated carbocycles. The molecule has 0 radical (unpaired) electrons. The van der Waals surface area contributed by atoms with E-state index in [1.165, 1.54) is 11.1 Å². The number of carbonyl (C=O) groups is 2. The number of aryl methyl sites for hydroxylation is 2. The molecule has 0 saturated heterocycles. The largest absolute Gasteiger partial charge is 0.481 e. The van der Waals surface area contributed by atoms with Crippen molar-refractivity contribution in [1.82, 2.24) is 0 Å². The minimum Gasteiger partial charge on any atom is -0.481 e. The average molecular weight is 389 g/mol. The number of benzene rings is 1. The Balaban J connectivity index is 1.60. The number of carboxylic acids is 1. The molecule has 0 aliphatic heterocycles. The number of unbranched alkanes of at least 4 members (excludes halogenated alkanes) is 2. The van der Waals surface area contributed by atoms with Gasteiger partial charge in [-0.3, -0.25) is 9.59 Å². The van der Waals surface area contributed by atoms with Crippen molar-refractivity contribution < 1.29 is 19.4 Å². The number of aliphatic carboxylic acids is 1. The van der Waals surface area contributed by atoms with Crippen LogP contribution in [0.3, 0.4) is 0 Å². The second-order valence-electron chi connectivity index (χ2n) is 9.37. The number of carboxylic acid groups (broad SMARTS) is 1. The molecule has 2 rings (SSSR count). The van der Waals surface area contributed by atoms with E-state index in [1.54, 1.807) is 0 Å². The van der Waals surface area contributed by atoms with Crippen molar-refractivity contribution in [2.75, 3.05) is 6.61 Å². The maximum atomic E-state index is 10.9. The van der Waals surface area contributed by atoms with Crippen LogP contribution in [0.4, 0.5) is 0 Å². The molecule has 1 aliphatic carbocycles. The van der Waals surface area contributed by atoms with Crippen molar-refractivity contribution in [3.8, 4) is 0 Å². The van der Waals surface area contributed by atoms with E-state index in [1.807, 2.05) is 0 Å². The van der Waals surface area contributed by atoms with Crippen LogP contribution in [0.15, 0.2) is 24.3 Å². The van der Waals surface area contributed by atoms with Crippen molar-refractivity contribution in [2.45, 2.75) is 84.5 Å². The molecule has 0 atom stereocenters. The van der Waals surface area contributed by atoms with Crippen LogP contribution in [0, 0.1) is 10.8 Å². The van der Waals surface area contributed by atoms with Crippen LogP contribution >= 0.6 is 0 Å². The molecule has 4 heteroatoms. The molecular formula is C24H36O4. The Labute approximate surface area is 169 Å². The van der Waals surface area contributed by atoms with Crippen LogP contribution in [-0.2, 0) is 27.2 Å². The van der Waals surface area contributed by atoms with Gasteiger partial charge in [0.2, 0.25) is 0 Å². The molecule has 1 aromatic rings. The van der Waals surface area contributed by atoms with Crippen molar-refractivity contribution in [1.29, 1.82) is 0 Å². The van der Waals surface area contributed by atoms with Gasteiger partial charge in [-0.2, -0.15) is 0 Å². The van der Waals surface area contributed by atoms with Crippen molar-refractivity contribution in [2.24, 2.45) is 10.8 Å². The van der Waals surface area contributed by atoms with Crippen LogP contribution < -0.4 is 0 Å². The number of hydrogen-bond acceptors (Lipinski definition) is 3. The minimum absolute atomic E-state index is 0.0499. The molecule has 1 N–H and O–H groups in total. The molecule has 1 fully saturated rings. The van der Waals surface area contributed by atoms with E-state index in [-0.39, 0.29) is 10.8 Å². The zero-order valence-corrected chi connectivity index (χ0v) is 17.5. The Morgan fingerprint density at radius 1 is 1.07 bits per heavy atom. The summed E-state index contributed by atoms with van der Waals surface area (Å²) in [5.74, 6) is -0.647. The fraction of sp³-hybridized carbons (Fsp3) is 0.667. The van der Waals surface area contributed by atoms with Crippen LogP contribution in [0.25, 0.3) is 0 Å². The minimum atomic E-state index is -0.647. The van der Waals surface area contributed by atoms with Crippen LogP contribution in [0.1, 0.15) is 82.8 Å². The lowest BCUT2D eigenvalue weighted by molar-refractivity contribution is -0.138. The molecule has 0 heterocycles. The molecule has 28 heavy (non-hydrogen) atoms. The van der Waals surface area contributed by atoms with E-state index in [0.29, 0.717) is 19.5 Å². The SMILES string of the molecule is CC(C)(CCCCc1ccc(CCCCC2(CC(=O)O)CC2)cc1)COC=O. The predicted octanol–water partition coefficient (Wildman–Crippen LogP) is 5.57. The highest BCUT2D eigenvalue weighted by Crippen LogP contribution is 2.52. The summed E-state index contributed by atoms with van der Waals surface area (Å²) in [6.07, 6.45) is 11.4. The lowest BCUT2D eigenvalue weighted by Gasteiger charge is -2.22. The summed E-state index contributed by atoms with van der Waals surface area (Å²) < 4.78 is 4.90. The van der Waals surface area contributed by atoms with E-state index in [2.05, 4.69) is 38.1 Å². The number of ether oxygens (including phenoxy) is 1. The van der Waals surface area contributed by atoms with Crippen LogP contribution in [0.2, 0.25) is 0 Å². The molecule has 0 spiro atoms. The maximum absolute atomic E-state index is 10.9. The van der Waals surface area contributed by atoms with Crippen LogP contribution in [0.5, 0.6) is 0 Å². The summed E-state index contributed by atoms with van der Waals surface area (Å²) in [6, 6.07) is 8.95. The van der Waals surface area contributed by atoms with Gasteiger partial charge >= 0.3 is 5.97 Å². The van der Waals surface area contributed by atoms with Gasteiger partial charge < -0.3 is 9.84 Å². The fourth-order valence-electron chi connectivity index (χ4n) is 3.98. The summed E-state index contributed by atoms with van der Waals surface area (Å²) >= 11 is 0. The maximum Gasteiger partial charge on any atom is 0.303 e. The Bertz CT molecular complexity index is 614. The molecule has 0 bridgehead atoms. The van der Waals surface area contributed by atoms with Gasteiger partial charge in [0.15, 0.2) is 0 Å². The van der Waals surface area contributed by atoms with Crippen molar-refractivity contribution in [3.05, 3.63) is 35.4 Å². The third-order valence-electron chi connectivity index (χ3n) is 6.04. The normalized spacial score (nSPS) is 15.2. The van der Waals surface area contributed by atoms with Gasteiger partial charge in [0, 0.05) is 0 Å². The van der Waals surface area contributed by atoms with E-state index in [9.17, 15) is 9.59 Å². The zero-order valence-electron chi connectivity index (χ0n) is 17.5. The first kappa shape index (κ1) is 22.4. The zero-order chi connectivity index (χ0) is 20.5. The smallest absolute Gasteiger partial charge is 0.303 e. The Hall–Kier alpha value is -1.84. The van der Waals surface area contributed by atoms with Gasteiger partial charge in [-0.15, -0.1) is 0 Å². The Kier molecular flexibility index (Phi) is 8.53. The third-order valence-corrected chi connectivity index (χ3v) is 6.04. The second kappa shape index (κ2) is 10.6. The first-order valence-corrected chi connectivity index (χ1v) is 10.7. The highest BCUT2D eigenvalue weighted by molar-refractivity contribution is 5.68. The van der Waals surface area contributed by atoms with E-state index >= 15 is 0 Å². The van der Waals surface area contributed by atoms with Crippen molar-refractivity contribution >= 4 is 12.4 Å². The van der Waals surface area contributed by atoms with Gasteiger partial charge in [0.1, 0.15) is 0 Å². The molecule has 1 aliphatic rings. The third kappa shape index (κ3) is 8.45. The highest BCUT2D eigenvalue weighted by atomic mass is 16.5. The van der Waals surface area contributed by atoms with Gasteiger partial charge in [-0.1, -0.05) is 51.0 Å². The van der Waals surface area contributed by atoms with E-state index in [0.717, 1.165) is 64.2 Å². The van der Waals surface area contributed by atoms with E-state index in [4.69, 9.17) is 9.84 Å². The van der Waals surface area contributed by atoms with Gasteiger partial charge in [-0.25, -0.2) is 0 Å². The molecule has 0 unspecified atom stereocenters. The van der Waals surface area contributed by atoms with Crippen molar-refractivity contribution in [3.63, 3.8) is 0 Å². The number of hydrogen-bond donors (Lipinski definition) is 1. The quantitative estimate of drug-likeness (QED) is 0.315. The van der Waals surface area contributed by atoms with Gasteiger partial charge in [-0.05, 0) is 73.3 Å². The summed E-state index contributed by atoms with van der Waals surface area (Å²) in [4.78, 5) is 21.2. The highest BCUT2D eigenvalue weighted by Gasteiger charge is 2.43. The summed E-state index contributed by atoms with van der Waals surface area (Å²) in [5.41, 5.74) is 2.93. The Morgan fingerprint density at radius 3 is 2.14 bits per heavy atom. The molecule has 1 aromatic carbocycles. The lowest BCUT2D eigenvalue weighted by Crippen LogP contribution is -2.18. The molecule has 0 aromatic heterocycles. The number of carbonyl (C=O) groups excluding carboxylic acids is 1. The molecule has 156 valence electrons. The predicted molar refractivity (Wildman–Crippen MR) is 111 cm³/mol. The van der Waals surface area contributed by atoms with Gasteiger partial charge in [0.25, 0.3) is 6.47 Å². The monoisotopic (exact) mass is 388 g/mol. The van der Waals surface area contributed by atoms with Crippen LogP contribution in [-0.4, -0.2) is 24.2 Å². The molecule has 0 amide bonds. The van der Waals surface area contributed by atoms with E-state index < -0.39 is 5.97 Å². The average Bonchev–Trinajstić information content (AvgIpc) is 3.40. The summed E-state index contributed by atoms with van der Waals surface area (Å²) in [6.45, 7) is 5.29.